The summed E-state index contributed by atoms with van der Waals surface area (Å²) in [5.74, 6) is 0.667. The van der Waals surface area contributed by atoms with Crippen LogP contribution >= 0.6 is 11.5 Å². The molecule has 1 aromatic carbocycles. The molecular formula is C16H18N2O3S. The Labute approximate surface area is 133 Å². The summed E-state index contributed by atoms with van der Waals surface area (Å²) in [7, 11) is 1.60. The van der Waals surface area contributed by atoms with E-state index in [4.69, 9.17) is 9.47 Å². The molecule has 22 heavy (non-hydrogen) atoms. The van der Waals surface area contributed by atoms with Crippen LogP contribution in [0.5, 0.6) is 5.75 Å². The van der Waals surface area contributed by atoms with E-state index < -0.39 is 5.97 Å². The van der Waals surface area contributed by atoms with E-state index in [1.165, 1.54) is 0 Å². The van der Waals surface area contributed by atoms with Gasteiger partial charge in [-0.25, -0.2) is 4.79 Å². The second kappa shape index (κ2) is 7.70. The van der Waals surface area contributed by atoms with E-state index in [1.807, 2.05) is 37.3 Å². The average Bonchev–Trinajstić information content (AvgIpc) is 3.04. The monoisotopic (exact) mass is 318 g/mol. The predicted octanol–water partition coefficient (Wildman–Crippen LogP) is 3.58. The molecule has 2 aromatic rings. The van der Waals surface area contributed by atoms with E-state index >= 15 is 0 Å². The van der Waals surface area contributed by atoms with Crippen LogP contribution in [0.3, 0.4) is 0 Å². The molecule has 0 saturated carbocycles. The number of esters is 1. The van der Waals surface area contributed by atoms with Crippen molar-refractivity contribution in [2.75, 3.05) is 13.7 Å². The molecule has 6 heteroatoms. The normalized spacial score (nSPS) is 11.7. The van der Waals surface area contributed by atoms with Gasteiger partial charge in [0.15, 0.2) is 4.88 Å². The molecule has 0 aliphatic carbocycles. The first-order valence-electron chi connectivity index (χ1n) is 6.92. The van der Waals surface area contributed by atoms with Crippen LogP contribution in [0.1, 0.15) is 23.0 Å². The second-order valence-corrected chi connectivity index (χ2v) is 5.57. The summed E-state index contributed by atoms with van der Waals surface area (Å²) in [6.45, 7) is 6.09. The van der Waals surface area contributed by atoms with Gasteiger partial charge in [-0.1, -0.05) is 17.5 Å². The molecule has 0 amide bonds. The minimum Gasteiger partial charge on any atom is -0.497 e. The van der Waals surface area contributed by atoms with Crippen molar-refractivity contribution in [3.63, 3.8) is 0 Å². The fraction of sp³-hybridized carbons (Fsp3) is 0.312. The van der Waals surface area contributed by atoms with E-state index in [0.717, 1.165) is 29.3 Å². The first kappa shape index (κ1) is 16.2. The summed E-state index contributed by atoms with van der Waals surface area (Å²) >= 11 is 1.04. The van der Waals surface area contributed by atoms with E-state index in [0.29, 0.717) is 23.1 Å². The van der Waals surface area contributed by atoms with Crippen molar-refractivity contribution in [3.8, 4) is 17.0 Å². The van der Waals surface area contributed by atoms with Gasteiger partial charge in [0.1, 0.15) is 11.4 Å². The van der Waals surface area contributed by atoms with Gasteiger partial charge >= 0.3 is 5.97 Å². The summed E-state index contributed by atoms with van der Waals surface area (Å²) in [5.41, 5.74) is 1.34. The van der Waals surface area contributed by atoms with Gasteiger partial charge in [-0.05, 0) is 48.1 Å². The standard InChI is InChI=1S/C16H18N2O3S/c1-4-11(2)9-10-21-16(19)15-14(17-18-22-15)12-5-7-13(20-3)8-6-12/h4-8,11H,1,9-10H2,2-3H3/t11-/m0/s1. The fourth-order valence-electron chi connectivity index (χ4n) is 1.78. The Morgan fingerprint density at radius 1 is 1.41 bits per heavy atom. The maximum Gasteiger partial charge on any atom is 0.352 e. The molecule has 0 unspecified atom stereocenters. The molecule has 1 aromatic heterocycles. The number of methoxy groups -OCH3 is 1. The molecule has 0 N–H and O–H groups in total. The Bertz CT molecular complexity index is 637. The van der Waals surface area contributed by atoms with E-state index in [9.17, 15) is 4.79 Å². The maximum atomic E-state index is 12.2. The number of carbonyl (C=O) groups excluding carboxylic acids is 1. The van der Waals surface area contributed by atoms with Crippen LogP contribution in [-0.4, -0.2) is 29.3 Å². The molecule has 1 heterocycles. The van der Waals surface area contributed by atoms with Gasteiger partial charge in [-0.2, -0.15) is 0 Å². The zero-order valence-corrected chi connectivity index (χ0v) is 13.4. The number of nitrogens with zero attached hydrogens (tertiary/aromatic N) is 2. The van der Waals surface area contributed by atoms with Crippen LogP contribution in [0.25, 0.3) is 11.3 Å². The highest BCUT2D eigenvalue weighted by Crippen LogP contribution is 2.26. The van der Waals surface area contributed by atoms with E-state index in [2.05, 4.69) is 16.2 Å². The summed E-state index contributed by atoms with van der Waals surface area (Å²) in [5, 5.41) is 4.03. The molecule has 5 nitrogen and oxygen atoms in total. The minimum absolute atomic E-state index is 0.313. The maximum absolute atomic E-state index is 12.2. The van der Waals surface area contributed by atoms with Crippen LogP contribution in [0.2, 0.25) is 0 Å². The van der Waals surface area contributed by atoms with Crippen LogP contribution in [0.4, 0.5) is 0 Å². The number of hydrogen-bond acceptors (Lipinski definition) is 6. The Balaban J connectivity index is 2.07. The lowest BCUT2D eigenvalue weighted by atomic mass is 10.1. The SMILES string of the molecule is C=C[C@H](C)CCOC(=O)c1snnc1-c1ccc(OC)cc1. The molecule has 0 spiro atoms. The molecule has 0 bridgehead atoms. The predicted molar refractivity (Wildman–Crippen MR) is 86.2 cm³/mol. The number of carbonyl (C=O) groups is 1. The zero-order valence-electron chi connectivity index (χ0n) is 12.6. The molecule has 0 fully saturated rings. The summed E-state index contributed by atoms with van der Waals surface area (Å²) in [6.07, 6.45) is 2.59. The second-order valence-electron chi connectivity index (χ2n) is 4.82. The summed E-state index contributed by atoms with van der Waals surface area (Å²) in [4.78, 5) is 12.6. The summed E-state index contributed by atoms with van der Waals surface area (Å²) in [6, 6.07) is 7.31. The third-order valence-electron chi connectivity index (χ3n) is 3.25. The quantitative estimate of drug-likeness (QED) is 0.577. The van der Waals surface area contributed by atoms with Gasteiger partial charge < -0.3 is 9.47 Å². The Kier molecular flexibility index (Phi) is 5.66. The molecular weight excluding hydrogens is 300 g/mol. The molecule has 0 radical (unpaired) electrons. The van der Waals surface area contributed by atoms with Crippen LogP contribution in [0, 0.1) is 5.92 Å². The van der Waals surface area contributed by atoms with Crippen molar-refractivity contribution in [1.29, 1.82) is 0 Å². The molecule has 1 atom stereocenters. The first-order valence-corrected chi connectivity index (χ1v) is 7.69. The molecule has 0 aliphatic rings. The number of benzene rings is 1. The summed E-state index contributed by atoms with van der Waals surface area (Å²) < 4.78 is 14.3. The Morgan fingerprint density at radius 2 is 2.14 bits per heavy atom. The van der Waals surface area contributed by atoms with Gasteiger partial charge in [0.05, 0.1) is 13.7 Å². The third-order valence-corrected chi connectivity index (χ3v) is 3.95. The number of hydrogen-bond donors (Lipinski definition) is 0. The van der Waals surface area contributed by atoms with Crippen molar-refractivity contribution in [2.24, 2.45) is 5.92 Å². The van der Waals surface area contributed by atoms with Crippen molar-refractivity contribution >= 4 is 17.5 Å². The third kappa shape index (κ3) is 3.92. The number of ether oxygens (including phenoxy) is 2. The smallest absolute Gasteiger partial charge is 0.352 e. The van der Waals surface area contributed by atoms with Crippen LogP contribution < -0.4 is 4.74 Å². The average molecular weight is 318 g/mol. The van der Waals surface area contributed by atoms with Crippen molar-refractivity contribution in [3.05, 3.63) is 41.8 Å². The van der Waals surface area contributed by atoms with Crippen LogP contribution in [0.15, 0.2) is 36.9 Å². The van der Waals surface area contributed by atoms with E-state index in [1.54, 1.807) is 7.11 Å². The first-order chi connectivity index (χ1) is 10.7. The van der Waals surface area contributed by atoms with E-state index in [-0.39, 0.29) is 0 Å². The Morgan fingerprint density at radius 3 is 2.77 bits per heavy atom. The lowest BCUT2D eigenvalue weighted by Crippen LogP contribution is -2.08. The largest absolute Gasteiger partial charge is 0.497 e. The zero-order chi connectivity index (χ0) is 15.9. The van der Waals surface area contributed by atoms with Crippen LogP contribution in [-0.2, 0) is 4.74 Å². The number of rotatable bonds is 7. The van der Waals surface area contributed by atoms with Crippen molar-refractivity contribution in [1.82, 2.24) is 9.59 Å². The van der Waals surface area contributed by atoms with Gasteiger partial charge in [-0.3, -0.25) is 0 Å². The van der Waals surface area contributed by atoms with Gasteiger partial charge in [-0.15, -0.1) is 11.7 Å². The van der Waals surface area contributed by atoms with Crippen molar-refractivity contribution < 1.29 is 14.3 Å². The van der Waals surface area contributed by atoms with Gasteiger partial charge in [0.2, 0.25) is 0 Å². The number of allylic oxidation sites excluding steroid dienone is 1. The minimum atomic E-state index is -0.392. The highest BCUT2D eigenvalue weighted by atomic mass is 32.1. The number of aromatic nitrogens is 2. The van der Waals surface area contributed by atoms with Gasteiger partial charge in [0, 0.05) is 5.56 Å². The lowest BCUT2D eigenvalue weighted by molar-refractivity contribution is 0.0498. The molecule has 2 rings (SSSR count). The topological polar surface area (TPSA) is 61.3 Å². The molecule has 0 aliphatic heterocycles. The highest BCUT2D eigenvalue weighted by molar-refractivity contribution is 7.08. The Hall–Kier alpha value is -2.21. The highest BCUT2D eigenvalue weighted by Gasteiger charge is 2.19. The molecule has 116 valence electrons. The fourth-order valence-corrected chi connectivity index (χ4v) is 2.37. The van der Waals surface area contributed by atoms with Gasteiger partial charge in [0.25, 0.3) is 0 Å². The lowest BCUT2D eigenvalue weighted by Gasteiger charge is -2.07. The van der Waals surface area contributed by atoms with Crippen molar-refractivity contribution in [2.45, 2.75) is 13.3 Å². The molecule has 0 saturated heterocycles.